The van der Waals surface area contributed by atoms with Gasteiger partial charge in [-0.05, 0) is 28.8 Å². The number of amides is 1. The highest BCUT2D eigenvalue weighted by atomic mass is 35.5. The average Bonchev–Trinajstić information content (AvgIpc) is 2.59. The molecule has 0 heterocycles. The Morgan fingerprint density at radius 1 is 1.17 bits per heavy atom. The van der Waals surface area contributed by atoms with E-state index in [0.717, 1.165) is 16.7 Å². The van der Waals surface area contributed by atoms with Crippen molar-refractivity contribution in [1.29, 1.82) is 0 Å². The van der Waals surface area contributed by atoms with Crippen molar-refractivity contribution in [2.24, 2.45) is 0 Å². The van der Waals surface area contributed by atoms with E-state index in [1.165, 1.54) is 0 Å². The summed E-state index contributed by atoms with van der Waals surface area (Å²) in [5.41, 5.74) is 2.51. The van der Waals surface area contributed by atoms with Gasteiger partial charge in [-0.3, -0.25) is 0 Å². The van der Waals surface area contributed by atoms with E-state index in [4.69, 9.17) is 21.4 Å². The molecule has 2 N–H and O–H groups in total. The Morgan fingerprint density at radius 2 is 1.96 bits per heavy atom. The molecule has 0 spiro atoms. The highest BCUT2D eigenvalue weighted by Gasteiger charge is 2.01. The molecule has 2 aromatic carbocycles. The molecule has 2 aromatic rings. The molecular weight excluding hydrogens is 314 g/mol. The van der Waals surface area contributed by atoms with Crippen molar-refractivity contribution < 1.29 is 14.6 Å². The number of nitrogens with one attached hydrogen (secondary N) is 1. The van der Waals surface area contributed by atoms with E-state index in [1.807, 2.05) is 30.3 Å². The van der Waals surface area contributed by atoms with Crippen LogP contribution in [0.25, 0.3) is 6.08 Å². The monoisotopic (exact) mass is 331 g/mol. The fraction of sp³-hybridized carbons (Fsp3) is 0.167. The maximum absolute atomic E-state index is 11.6. The lowest BCUT2D eigenvalue weighted by molar-refractivity contribution is 0.141. The van der Waals surface area contributed by atoms with E-state index < -0.39 is 6.09 Å². The topological polar surface area (TPSA) is 58.6 Å². The van der Waals surface area contributed by atoms with Gasteiger partial charge in [-0.2, -0.15) is 0 Å². The van der Waals surface area contributed by atoms with Crippen LogP contribution in [0.2, 0.25) is 5.02 Å². The van der Waals surface area contributed by atoms with Crippen LogP contribution in [-0.4, -0.2) is 17.7 Å². The number of benzene rings is 2. The summed E-state index contributed by atoms with van der Waals surface area (Å²) in [5, 5.41) is 12.3. The second-order valence-corrected chi connectivity index (χ2v) is 5.27. The zero-order valence-corrected chi connectivity index (χ0v) is 13.3. The second-order valence-electron chi connectivity index (χ2n) is 4.86. The van der Waals surface area contributed by atoms with Gasteiger partial charge in [0.1, 0.15) is 6.61 Å². The van der Waals surface area contributed by atoms with Crippen LogP contribution in [0, 0.1) is 0 Å². The summed E-state index contributed by atoms with van der Waals surface area (Å²) in [6.07, 6.45) is 3.08. The van der Waals surface area contributed by atoms with E-state index in [2.05, 4.69) is 5.32 Å². The Hall–Kier alpha value is -2.30. The second kappa shape index (κ2) is 8.98. The number of aliphatic hydroxyl groups excluding tert-OH is 1. The number of hydrogen-bond donors (Lipinski definition) is 2. The Balaban J connectivity index is 1.77. The maximum Gasteiger partial charge on any atom is 0.407 e. The Bertz CT molecular complexity index is 671. The summed E-state index contributed by atoms with van der Waals surface area (Å²) in [6, 6.07) is 14.8. The molecule has 0 aliphatic heterocycles. The minimum absolute atomic E-state index is 0.0396. The van der Waals surface area contributed by atoms with Crippen molar-refractivity contribution in [3.8, 4) is 0 Å². The molecule has 0 fully saturated rings. The van der Waals surface area contributed by atoms with Crippen molar-refractivity contribution in [3.05, 3.63) is 76.3 Å². The van der Waals surface area contributed by atoms with Gasteiger partial charge < -0.3 is 15.2 Å². The van der Waals surface area contributed by atoms with Crippen LogP contribution in [-0.2, 0) is 18.0 Å². The molecule has 0 aromatic heterocycles. The summed E-state index contributed by atoms with van der Waals surface area (Å²) < 4.78 is 5.10. The standard InChI is InChI=1S/C18H18ClNO3/c19-17-9-8-15(12-21)11-16(17)7-4-10-20-18(22)23-13-14-5-2-1-3-6-14/h1-9,11,21H,10,12-13H2,(H,20,22). The van der Waals surface area contributed by atoms with Gasteiger partial charge in [-0.15, -0.1) is 0 Å². The number of alkyl carbamates (subject to hydrolysis) is 1. The SMILES string of the molecule is O=C(NCC=Cc1cc(CO)ccc1Cl)OCc1ccccc1. The zero-order valence-electron chi connectivity index (χ0n) is 12.5. The Labute approximate surface area is 140 Å². The molecule has 0 unspecified atom stereocenters. The van der Waals surface area contributed by atoms with E-state index in [-0.39, 0.29) is 13.2 Å². The molecule has 0 saturated carbocycles. The lowest BCUT2D eigenvalue weighted by atomic mass is 10.1. The molecule has 4 nitrogen and oxygen atoms in total. The fourth-order valence-electron chi connectivity index (χ4n) is 1.92. The first-order valence-corrected chi connectivity index (χ1v) is 7.57. The quantitative estimate of drug-likeness (QED) is 0.847. The molecule has 0 saturated heterocycles. The average molecular weight is 332 g/mol. The lowest BCUT2D eigenvalue weighted by Gasteiger charge is -2.05. The minimum Gasteiger partial charge on any atom is -0.445 e. The number of ether oxygens (including phenoxy) is 1. The molecule has 0 atom stereocenters. The van der Waals surface area contributed by atoms with Gasteiger partial charge in [0.25, 0.3) is 0 Å². The number of hydrogen-bond acceptors (Lipinski definition) is 3. The van der Waals surface area contributed by atoms with Crippen LogP contribution in [0.1, 0.15) is 16.7 Å². The predicted octanol–water partition coefficient (Wildman–Crippen LogP) is 3.77. The predicted molar refractivity (Wildman–Crippen MR) is 91.0 cm³/mol. The van der Waals surface area contributed by atoms with Crippen molar-refractivity contribution in [2.75, 3.05) is 6.54 Å². The molecule has 0 aliphatic rings. The Morgan fingerprint density at radius 3 is 2.70 bits per heavy atom. The van der Waals surface area contributed by atoms with Crippen LogP contribution in [0.15, 0.2) is 54.6 Å². The normalized spacial score (nSPS) is 10.7. The molecule has 2 rings (SSSR count). The molecule has 1 amide bonds. The van der Waals surface area contributed by atoms with Crippen molar-refractivity contribution in [1.82, 2.24) is 5.32 Å². The van der Waals surface area contributed by atoms with Gasteiger partial charge in [0.2, 0.25) is 0 Å². The van der Waals surface area contributed by atoms with Gasteiger partial charge in [0.15, 0.2) is 0 Å². The highest BCUT2D eigenvalue weighted by Crippen LogP contribution is 2.19. The first-order valence-electron chi connectivity index (χ1n) is 7.19. The minimum atomic E-state index is -0.478. The molecular formula is C18H18ClNO3. The molecule has 0 radical (unpaired) electrons. The van der Waals surface area contributed by atoms with Gasteiger partial charge in [0.05, 0.1) is 6.61 Å². The number of rotatable bonds is 6. The van der Waals surface area contributed by atoms with Gasteiger partial charge in [-0.25, -0.2) is 4.79 Å². The zero-order chi connectivity index (χ0) is 16.5. The van der Waals surface area contributed by atoms with E-state index in [9.17, 15) is 4.79 Å². The highest BCUT2D eigenvalue weighted by molar-refractivity contribution is 6.32. The van der Waals surface area contributed by atoms with Gasteiger partial charge in [-0.1, -0.05) is 60.2 Å². The van der Waals surface area contributed by atoms with Crippen LogP contribution in [0.4, 0.5) is 4.79 Å². The summed E-state index contributed by atoms with van der Waals surface area (Å²) >= 11 is 6.07. The maximum atomic E-state index is 11.6. The first kappa shape index (κ1) is 17.1. The van der Waals surface area contributed by atoms with Crippen molar-refractivity contribution in [3.63, 3.8) is 0 Å². The molecule has 23 heavy (non-hydrogen) atoms. The lowest BCUT2D eigenvalue weighted by Crippen LogP contribution is -2.24. The third-order valence-corrected chi connectivity index (χ3v) is 3.46. The smallest absolute Gasteiger partial charge is 0.407 e. The number of carbonyl (C=O) groups is 1. The first-order chi connectivity index (χ1) is 11.2. The molecule has 0 aliphatic carbocycles. The largest absolute Gasteiger partial charge is 0.445 e. The van der Waals surface area contributed by atoms with Crippen molar-refractivity contribution in [2.45, 2.75) is 13.2 Å². The molecule has 0 bridgehead atoms. The van der Waals surface area contributed by atoms with E-state index in [1.54, 1.807) is 30.4 Å². The number of carbonyl (C=O) groups excluding carboxylic acids is 1. The van der Waals surface area contributed by atoms with Crippen molar-refractivity contribution >= 4 is 23.8 Å². The summed E-state index contributed by atoms with van der Waals surface area (Å²) in [5.74, 6) is 0. The van der Waals surface area contributed by atoms with E-state index >= 15 is 0 Å². The van der Waals surface area contributed by atoms with Crippen LogP contribution >= 0.6 is 11.6 Å². The molecule has 5 heteroatoms. The van der Waals surface area contributed by atoms with Gasteiger partial charge >= 0.3 is 6.09 Å². The summed E-state index contributed by atoms with van der Waals surface area (Å²) in [6.45, 7) is 0.524. The van der Waals surface area contributed by atoms with E-state index in [0.29, 0.717) is 11.6 Å². The van der Waals surface area contributed by atoms with Crippen LogP contribution < -0.4 is 5.32 Å². The van der Waals surface area contributed by atoms with Crippen LogP contribution in [0.3, 0.4) is 0 Å². The number of halogens is 1. The van der Waals surface area contributed by atoms with Crippen LogP contribution in [0.5, 0.6) is 0 Å². The summed E-state index contributed by atoms with van der Waals surface area (Å²) in [4.78, 5) is 11.6. The van der Waals surface area contributed by atoms with Gasteiger partial charge in [0, 0.05) is 11.6 Å². The Kier molecular flexibility index (Phi) is 6.66. The third kappa shape index (κ3) is 5.77. The third-order valence-electron chi connectivity index (χ3n) is 3.12. The fourth-order valence-corrected chi connectivity index (χ4v) is 2.10. The number of aliphatic hydroxyl groups is 1. The molecule has 120 valence electrons. The summed E-state index contributed by atoms with van der Waals surface area (Å²) in [7, 11) is 0.